The summed E-state index contributed by atoms with van der Waals surface area (Å²) in [6.07, 6.45) is 0. The number of rotatable bonds is 4. The Labute approximate surface area is 99.3 Å². The Morgan fingerprint density at radius 1 is 1.47 bits per heavy atom. The van der Waals surface area contributed by atoms with Gasteiger partial charge in [0.05, 0.1) is 11.6 Å². The van der Waals surface area contributed by atoms with Crippen molar-refractivity contribution in [1.29, 1.82) is 0 Å². The molecule has 1 aromatic rings. The topological polar surface area (TPSA) is 38.5 Å². The van der Waals surface area contributed by atoms with Crippen molar-refractivity contribution < 1.29 is 4.74 Å². The van der Waals surface area contributed by atoms with Crippen LogP contribution >= 0.6 is 15.9 Å². The van der Waals surface area contributed by atoms with Gasteiger partial charge in [0, 0.05) is 12.6 Å². The van der Waals surface area contributed by atoms with Crippen LogP contribution < -0.4 is 10.5 Å². The van der Waals surface area contributed by atoms with Gasteiger partial charge < -0.3 is 15.4 Å². The van der Waals surface area contributed by atoms with E-state index in [9.17, 15) is 0 Å². The molecular formula is C11H17BrN2O. The Hall–Kier alpha value is -0.580. The number of methoxy groups -OCH3 is 1. The van der Waals surface area contributed by atoms with E-state index < -0.39 is 0 Å². The van der Waals surface area contributed by atoms with Crippen LogP contribution in [0.25, 0.3) is 0 Å². The zero-order valence-corrected chi connectivity index (χ0v) is 10.9. The summed E-state index contributed by atoms with van der Waals surface area (Å²) >= 11 is 3.45. The molecule has 0 saturated heterocycles. The number of likely N-dealkylation sites (N-methyl/N-ethyl adjacent to an activating group) is 1. The minimum absolute atomic E-state index is 0.0298. The number of halogens is 1. The third-order valence-corrected chi connectivity index (χ3v) is 2.79. The van der Waals surface area contributed by atoms with Crippen LogP contribution in [0, 0.1) is 0 Å². The van der Waals surface area contributed by atoms with Crippen molar-refractivity contribution in [2.24, 2.45) is 5.73 Å². The highest BCUT2D eigenvalue weighted by Crippen LogP contribution is 2.27. The van der Waals surface area contributed by atoms with Gasteiger partial charge in [0.1, 0.15) is 5.75 Å². The smallest absolute Gasteiger partial charge is 0.133 e. The van der Waals surface area contributed by atoms with E-state index in [2.05, 4.69) is 20.8 Å². The van der Waals surface area contributed by atoms with Crippen LogP contribution in [0.5, 0.6) is 5.75 Å². The average molecular weight is 273 g/mol. The van der Waals surface area contributed by atoms with Crippen LogP contribution in [0.15, 0.2) is 22.7 Å². The van der Waals surface area contributed by atoms with E-state index >= 15 is 0 Å². The molecule has 1 rings (SSSR count). The molecule has 15 heavy (non-hydrogen) atoms. The molecule has 84 valence electrons. The summed E-state index contributed by atoms with van der Waals surface area (Å²) in [6, 6.07) is 5.96. The molecule has 1 unspecified atom stereocenters. The highest BCUT2D eigenvalue weighted by molar-refractivity contribution is 9.10. The highest BCUT2D eigenvalue weighted by Gasteiger charge is 2.09. The van der Waals surface area contributed by atoms with E-state index in [0.717, 1.165) is 22.3 Å². The first-order valence-corrected chi connectivity index (χ1v) is 5.57. The van der Waals surface area contributed by atoms with E-state index in [1.165, 1.54) is 0 Å². The Morgan fingerprint density at radius 2 is 2.13 bits per heavy atom. The molecule has 0 bridgehead atoms. The fourth-order valence-corrected chi connectivity index (χ4v) is 1.97. The lowest BCUT2D eigenvalue weighted by Gasteiger charge is -2.17. The number of nitrogens with two attached hydrogens (primary N) is 1. The van der Waals surface area contributed by atoms with Gasteiger partial charge in [0.2, 0.25) is 0 Å². The van der Waals surface area contributed by atoms with Crippen LogP contribution in [0.1, 0.15) is 11.6 Å². The van der Waals surface area contributed by atoms with Gasteiger partial charge in [-0.25, -0.2) is 0 Å². The molecule has 1 aromatic carbocycles. The number of nitrogens with zero attached hydrogens (tertiary/aromatic N) is 1. The Kier molecular flexibility index (Phi) is 4.57. The van der Waals surface area contributed by atoms with Crippen molar-refractivity contribution in [2.75, 3.05) is 27.7 Å². The van der Waals surface area contributed by atoms with Crippen molar-refractivity contribution in [3.05, 3.63) is 28.2 Å². The highest BCUT2D eigenvalue weighted by atomic mass is 79.9. The molecule has 0 radical (unpaired) electrons. The molecule has 4 heteroatoms. The third-order valence-electron chi connectivity index (χ3n) is 2.17. The Balaban J connectivity index is 2.82. The van der Waals surface area contributed by atoms with Gasteiger partial charge in [0.15, 0.2) is 0 Å². The molecule has 2 N–H and O–H groups in total. The van der Waals surface area contributed by atoms with E-state index in [0.29, 0.717) is 0 Å². The molecule has 0 aliphatic carbocycles. The maximum Gasteiger partial charge on any atom is 0.133 e. The molecule has 0 saturated carbocycles. The molecule has 0 aliphatic heterocycles. The number of hydrogen-bond acceptors (Lipinski definition) is 3. The van der Waals surface area contributed by atoms with Crippen LogP contribution in [0.4, 0.5) is 0 Å². The molecule has 3 nitrogen and oxygen atoms in total. The maximum atomic E-state index is 6.05. The summed E-state index contributed by atoms with van der Waals surface area (Å²) in [5.74, 6) is 0.829. The average Bonchev–Trinajstić information content (AvgIpc) is 2.16. The number of ether oxygens (including phenoxy) is 1. The summed E-state index contributed by atoms with van der Waals surface area (Å²) < 4.78 is 6.10. The van der Waals surface area contributed by atoms with Gasteiger partial charge in [0.25, 0.3) is 0 Å². The lowest BCUT2D eigenvalue weighted by Crippen LogP contribution is -2.25. The largest absolute Gasteiger partial charge is 0.496 e. The SMILES string of the molecule is COc1ccc(C(N)CN(C)C)cc1Br. The van der Waals surface area contributed by atoms with E-state index in [-0.39, 0.29) is 6.04 Å². The fraction of sp³-hybridized carbons (Fsp3) is 0.455. The molecular weight excluding hydrogens is 256 g/mol. The first-order valence-electron chi connectivity index (χ1n) is 4.78. The Morgan fingerprint density at radius 3 is 2.60 bits per heavy atom. The van der Waals surface area contributed by atoms with Gasteiger partial charge in [-0.15, -0.1) is 0 Å². The fourth-order valence-electron chi connectivity index (χ4n) is 1.41. The Bertz CT molecular complexity index is 328. The second-order valence-electron chi connectivity index (χ2n) is 3.76. The van der Waals surface area contributed by atoms with E-state index in [4.69, 9.17) is 10.5 Å². The summed E-state index contributed by atoms with van der Waals surface area (Å²) in [6.45, 7) is 0.832. The summed E-state index contributed by atoms with van der Waals surface area (Å²) in [5, 5.41) is 0. The predicted octanol–water partition coefficient (Wildman–Crippen LogP) is 2.02. The zero-order valence-electron chi connectivity index (χ0n) is 9.33. The van der Waals surface area contributed by atoms with Gasteiger partial charge in [-0.3, -0.25) is 0 Å². The molecule has 0 aliphatic rings. The maximum absolute atomic E-state index is 6.05. The van der Waals surface area contributed by atoms with Gasteiger partial charge >= 0.3 is 0 Å². The van der Waals surface area contributed by atoms with E-state index in [1.54, 1.807) is 7.11 Å². The normalized spacial score (nSPS) is 12.9. The van der Waals surface area contributed by atoms with Crippen molar-refractivity contribution in [1.82, 2.24) is 4.90 Å². The summed E-state index contributed by atoms with van der Waals surface area (Å²) in [5.41, 5.74) is 7.16. The first kappa shape index (κ1) is 12.5. The van der Waals surface area contributed by atoms with Crippen molar-refractivity contribution in [3.8, 4) is 5.75 Å². The van der Waals surface area contributed by atoms with Crippen LogP contribution in [0.2, 0.25) is 0 Å². The molecule has 0 fully saturated rings. The first-order chi connectivity index (χ1) is 7.04. The standard InChI is InChI=1S/C11H17BrN2O/c1-14(2)7-10(13)8-4-5-11(15-3)9(12)6-8/h4-6,10H,7,13H2,1-3H3. The van der Waals surface area contributed by atoms with Gasteiger partial charge in [-0.2, -0.15) is 0 Å². The summed E-state index contributed by atoms with van der Waals surface area (Å²) in [7, 11) is 5.68. The molecule has 1 atom stereocenters. The quantitative estimate of drug-likeness (QED) is 0.912. The zero-order chi connectivity index (χ0) is 11.4. The van der Waals surface area contributed by atoms with Crippen LogP contribution in [-0.2, 0) is 0 Å². The molecule has 0 spiro atoms. The monoisotopic (exact) mass is 272 g/mol. The number of hydrogen-bond donors (Lipinski definition) is 1. The second-order valence-corrected chi connectivity index (χ2v) is 4.62. The predicted molar refractivity (Wildman–Crippen MR) is 66.2 cm³/mol. The van der Waals surface area contributed by atoms with Gasteiger partial charge in [-0.1, -0.05) is 6.07 Å². The lowest BCUT2D eigenvalue weighted by molar-refractivity contribution is 0.376. The van der Waals surface area contributed by atoms with Crippen molar-refractivity contribution in [2.45, 2.75) is 6.04 Å². The van der Waals surface area contributed by atoms with Crippen molar-refractivity contribution in [3.63, 3.8) is 0 Å². The lowest BCUT2D eigenvalue weighted by atomic mass is 10.1. The second kappa shape index (κ2) is 5.49. The third kappa shape index (κ3) is 3.48. The molecule has 0 aromatic heterocycles. The van der Waals surface area contributed by atoms with Crippen LogP contribution in [0.3, 0.4) is 0 Å². The van der Waals surface area contributed by atoms with Gasteiger partial charge in [-0.05, 0) is 47.7 Å². The number of benzene rings is 1. The van der Waals surface area contributed by atoms with Crippen molar-refractivity contribution >= 4 is 15.9 Å². The van der Waals surface area contributed by atoms with E-state index in [1.807, 2.05) is 32.3 Å². The summed E-state index contributed by atoms with van der Waals surface area (Å²) in [4.78, 5) is 2.07. The minimum Gasteiger partial charge on any atom is -0.496 e. The van der Waals surface area contributed by atoms with Crippen LogP contribution in [-0.4, -0.2) is 32.6 Å². The molecule has 0 amide bonds. The molecule has 0 heterocycles. The minimum atomic E-state index is 0.0298.